The molecule has 4 nitrogen and oxygen atoms in total. The van der Waals surface area contributed by atoms with Crippen molar-refractivity contribution in [1.82, 2.24) is 14.8 Å². The van der Waals surface area contributed by atoms with Gasteiger partial charge in [-0.3, -0.25) is 4.57 Å². The zero-order valence-electron chi connectivity index (χ0n) is 14.4. The van der Waals surface area contributed by atoms with Crippen molar-refractivity contribution in [1.29, 1.82) is 0 Å². The molecule has 2 aromatic carbocycles. The number of nitrogens with zero attached hydrogens (tertiary/aromatic N) is 3. The van der Waals surface area contributed by atoms with Crippen LogP contribution < -0.4 is 0 Å². The van der Waals surface area contributed by atoms with Gasteiger partial charge in [0.1, 0.15) is 0 Å². The fourth-order valence-corrected chi connectivity index (χ4v) is 3.57. The van der Waals surface area contributed by atoms with Crippen LogP contribution in [0.1, 0.15) is 24.8 Å². The topological polar surface area (TPSA) is 50.9 Å². The number of aliphatic hydroxyl groups is 1. The van der Waals surface area contributed by atoms with Gasteiger partial charge < -0.3 is 5.11 Å². The van der Waals surface area contributed by atoms with Crippen molar-refractivity contribution in [2.45, 2.75) is 31.3 Å². The summed E-state index contributed by atoms with van der Waals surface area (Å²) in [7, 11) is 0. The molecule has 5 heteroatoms. The third-order valence-electron chi connectivity index (χ3n) is 3.99. The molecule has 0 spiro atoms. The first kappa shape index (κ1) is 17.7. The highest BCUT2D eigenvalue weighted by atomic mass is 32.2. The first-order valence-corrected chi connectivity index (χ1v) is 9.59. The zero-order valence-corrected chi connectivity index (χ0v) is 15.2. The van der Waals surface area contributed by atoms with Crippen molar-refractivity contribution in [3.63, 3.8) is 0 Å². The predicted molar refractivity (Wildman–Crippen MR) is 103 cm³/mol. The van der Waals surface area contributed by atoms with Gasteiger partial charge in [-0.05, 0) is 31.9 Å². The van der Waals surface area contributed by atoms with Gasteiger partial charge in [0.05, 0.1) is 0 Å². The molecule has 130 valence electrons. The molecular weight excluding hydrogens is 330 g/mol. The van der Waals surface area contributed by atoms with E-state index in [1.165, 1.54) is 5.56 Å². The third kappa shape index (κ3) is 4.50. The second-order valence-corrected chi connectivity index (χ2v) is 7.04. The van der Waals surface area contributed by atoms with E-state index in [1.807, 2.05) is 18.2 Å². The minimum absolute atomic E-state index is 0.266. The Morgan fingerprint density at radius 1 is 0.920 bits per heavy atom. The Hall–Kier alpha value is -2.11. The Morgan fingerprint density at radius 2 is 1.68 bits per heavy atom. The molecule has 25 heavy (non-hydrogen) atoms. The van der Waals surface area contributed by atoms with Crippen molar-refractivity contribution < 1.29 is 5.11 Å². The summed E-state index contributed by atoms with van der Waals surface area (Å²) in [5, 5.41) is 18.7. The quantitative estimate of drug-likeness (QED) is 0.479. The fraction of sp³-hybridized carbons (Fsp3) is 0.300. The van der Waals surface area contributed by atoms with Crippen LogP contribution in [0.25, 0.3) is 17.1 Å². The van der Waals surface area contributed by atoms with Gasteiger partial charge in [0.15, 0.2) is 11.0 Å². The molecule has 0 radical (unpaired) electrons. The third-order valence-corrected chi connectivity index (χ3v) is 5.01. The molecule has 0 amide bonds. The van der Waals surface area contributed by atoms with E-state index in [0.717, 1.165) is 47.2 Å². The molecule has 1 heterocycles. The summed E-state index contributed by atoms with van der Waals surface area (Å²) in [6.45, 7) is 2.35. The number of aliphatic hydroxyl groups excluding tert-OH is 1. The van der Waals surface area contributed by atoms with Crippen molar-refractivity contribution in [3.05, 3.63) is 60.2 Å². The summed E-state index contributed by atoms with van der Waals surface area (Å²) in [4.78, 5) is 0. The molecule has 0 unspecified atom stereocenters. The SMILES string of the molecule is Cc1ccc(-n2c(SCCCCCO)nnc2-c2ccccc2)cc1. The first-order valence-electron chi connectivity index (χ1n) is 8.61. The van der Waals surface area contributed by atoms with Crippen LogP contribution in [-0.4, -0.2) is 32.2 Å². The van der Waals surface area contributed by atoms with Gasteiger partial charge in [0, 0.05) is 23.6 Å². The van der Waals surface area contributed by atoms with E-state index >= 15 is 0 Å². The second kappa shape index (κ2) is 8.83. The molecule has 0 aliphatic rings. The Kier molecular flexibility index (Phi) is 6.25. The molecule has 0 saturated carbocycles. The first-order chi connectivity index (χ1) is 12.3. The van der Waals surface area contributed by atoms with Gasteiger partial charge in [-0.1, -0.05) is 66.2 Å². The lowest BCUT2D eigenvalue weighted by atomic mass is 10.2. The predicted octanol–water partition coefficient (Wildman–Crippen LogP) is 4.50. The lowest BCUT2D eigenvalue weighted by Crippen LogP contribution is -2.00. The Morgan fingerprint density at radius 3 is 2.40 bits per heavy atom. The average Bonchev–Trinajstić information content (AvgIpc) is 3.07. The maximum atomic E-state index is 8.89. The minimum Gasteiger partial charge on any atom is -0.396 e. The monoisotopic (exact) mass is 353 g/mol. The smallest absolute Gasteiger partial charge is 0.196 e. The summed E-state index contributed by atoms with van der Waals surface area (Å²) < 4.78 is 2.13. The number of aryl methyl sites for hydroxylation is 1. The highest BCUT2D eigenvalue weighted by Gasteiger charge is 2.15. The molecular formula is C20H23N3OS. The van der Waals surface area contributed by atoms with Crippen LogP contribution in [0.5, 0.6) is 0 Å². The van der Waals surface area contributed by atoms with E-state index in [2.05, 4.69) is 58.1 Å². The molecule has 3 aromatic rings. The molecule has 0 saturated heterocycles. The Balaban J connectivity index is 1.90. The van der Waals surface area contributed by atoms with Gasteiger partial charge in [-0.25, -0.2) is 0 Å². The number of rotatable bonds is 8. The van der Waals surface area contributed by atoms with Gasteiger partial charge >= 0.3 is 0 Å². The number of aromatic nitrogens is 3. The number of unbranched alkanes of at least 4 members (excludes halogenated alkanes) is 2. The normalized spacial score (nSPS) is 11.0. The van der Waals surface area contributed by atoms with Crippen LogP contribution >= 0.6 is 11.8 Å². The van der Waals surface area contributed by atoms with Crippen LogP contribution in [0.4, 0.5) is 0 Å². The Bertz CT molecular complexity index is 784. The largest absolute Gasteiger partial charge is 0.396 e. The van der Waals surface area contributed by atoms with E-state index in [4.69, 9.17) is 5.11 Å². The van der Waals surface area contributed by atoms with Crippen molar-refractivity contribution in [3.8, 4) is 17.1 Å². The molecule has 0 atom stereocenters. The molecule has 1 N–H and O–H groups in total. The lowest BCUT2D eigenvalue weighted by molar-refractivity contribution is 0.284. The highest BCUT2D eigenvalue weighted by molar-refractivity contribution is 7.99. The number of benzene rings is 2. The molecule has 0 aliphatic carbocycles. The maximum absolute atomic E-state index is 8.89. The standard InChI is InChI=1S/C20H23N3OS/c1-16-10-12-18(13-11-16)23-19(17-8-4-2-5-9-17)21-22-20(23)25-15-7-3-6-14-24/h2,4-5,8-13,24H,3,6-7,14-15H2,1H3. The average molecular weight is 353 g/mol. The van der Waals surface area contributed by atoms with Gasteiger partial charge in [-0.15, -0.1) is 10.2 Å². The van der Waals surface area contributed by atoms with E-state index in [-0.39, 0.29) is 6.61 Å². The maximum Gasteiger partial charge on any atom is 0.196 e. The summed E-state index contributed by atoms with van der Waals surface area (Å²) in [5.41, 5.74) is 3.37. The van der Waals surface area contributed by atoms with Crippen LogP contribution in [0, 0.1) is 6.92 Å². The van der Waals surface area contributed by atoms with Crippen LogP contribution in [0.3, 0.4) is 0 Å². The molecule has 0 bridgehead atoms. The zero-order chi connectivity index (χ0) is 17.5. The van der Waals surface area contributed by atoms with Crippen molar-refractivity contribution in [2.75, 3.05) is 12.4 Å². The van der Waals surface area contributed by atoms with Gasteiger partial charge in [-0.2, -0.15) is 0 Å². The molecule has 0 aliphatic heterocycles. The molecule has 0 fully saturated rings. The lowest BCUT2D eigenvalue weighted by Gasteiger charge is -2.10. The van der Waals surface area contributed by atoms with Gasteiger partial charge in [0.25, 0.3) is 0 Å². The fourth-order valence-electron chi connectivity index (χ4n) is 2.62. The highest BCUT2D eigenvalue weighted by Crippen LogP contribution is 2.28. The summed E-state index contributed by atoms with van der Waals surface area (Å²) in [6, 6.07) is 18.6. The summed E-state index contributed by atoms with van der Waals surface area (Å²) >= 11 is 1.72. The van der Waals surface area contributed by atoms with E-state index < -0.39 is 0 Å². The van der Waals surface area contributed by atoms with Crippen LogP contribution in [0.15, 0.2) is 59.8 Å². The summed E-state index contributed by atoms with van der Waals surface area (Å²) in [6.07, 6.45) is 2.96. The van der Waals surface area contributed by atoms with E-state index in [1.54, 1.807) is 11.8 Å². The van der Waals surface area contributed by atoms with E-state index in [9.17, 15) is 0 Å². The minimum atomic E-state index is 0.266. The number of hydrogen-bond acceptors (Lipinski definition) is 4. The van der Waals surface area contributed by atoms with Crippen LogP contribution in [-0.2, 0) is 0 Å². The summed E-state index contributed by atoms with van der Waals surface area (Å²) in [5.74, 6) is 1.83. The van der Waals surface area contributed by atoms with Gasteiger partial charge in [0.2, 0.25) is 0 Å². The van der Waals surface area contributed by atoms with E-state index in [0.29, 0.717) is 0 Å². The van der Waals surface area contributed by atoms with Crippen molar-refractivity contribution in [2.24, 2.45) is 0 Å². The van der Waals surface area contributed by atoms with Crippen LogP contribution in [0.2, 0.25) is 0 Å². The Labute approximate surface area is 152 Å². The second-order valence-electron chi connectivity index (χ2n) is 5.98. The molecule has 1 aromatic heterocycles. The number of thioether (sulfide) groups is 1. The molecule has 3 rings (SSSR count). The number of hydrogen-bond donors (Lipinski definition) is 1. The van der Waals surface area contributed by atoms with Crippen molar-refractivity contribution >= 4 is 11.8 Å².